The van der Waals surface area contributed by atoms with E-state index in [0.29, 0.717) is 0 Å². The van der Waals surface area contributed by atoms with Crippen LogP contribution in [-0.2, 0) is 9.53 Å². The smallest absolute Gasteiger partial charge is 0.303 e. The van der Waals surface area contributed by atoms with Crippen LogP contribution in [0.5, 0.6) is 0 Å². The van der Waals surface area contributed by atoms with Gasteiger partial charge in [0.1, 0.15) is 6.10 Å². The van der Waals surface area contributed by atoms with Crippen molar-refractivity contribution < 1.29 is 9.53 Å². The second-order valence-corrected chi connectivity index (χ2v) is 2.51. The predicted molar refractivity (Wildman–Crippen MR) is 45.3 cm³/mol. The van der Waals surface area contributed by atoms with Gasteiger partial charge in [-0.2, -0.15) is 0 Å². The van der Waals surface area contributed by atoms with Crippen LogP contribution in [0.2, 0.25) is 0 Å². The summed E-state index contributed by atoms with van der Waals surface area (Å²) in [6, 6.07) is 0. The average Bonchev–Trinajstić information content (AvgIpc) is 1.88. The van der Waals surface area contributed by atoms with Gasteiger partial charge in [0.25, 0.3) is 0 Å². The number of carbonyl (C=O) groups excluding carboxylic acids is 1. The first-order chi connectivity index (χ1) is 4.79. The summed E-state index contributed by atoms with van der Waals surface area (Å²) in [4.78, 5) is 10.5. The maximum Gasteiger partial charge on any atom is 0.303 e. The molecule has 2 heteroatoms. The van der Waals surface area contributed by atoms with Crippen molar-refractivity contribution in [1.82, 2.24) is 0 Å². The summed E-state index contributed by atoms with van der Waals surface area (Å²) in [5, 5.41) is 0. The molecule has 64 valence electrons. The van der Waals surface area contributed by atoms with Gasteiger partial charge in [0.15, 0.2) is 0 Å². The minimum absolute atomic E-state index is 0. The molecule has 2 nitrogen and oxygen atoms in total. The van der Waals surface area contributed by atoms with Gasteiger partial charge in [-0.15, -0.1) is 0 Å². The molecule has 0 saturated carbocycles. The van der Waals surface area contributed by atoms with E-state index < -0.39 is 0 Å². The standard InChI is InChI=1S/C8H12O2.CH4/c1-7(9)10-8-5-3-2-4-6-8;/h3,5,8H,2,4,6H2,1H3;1H4. The fourth-order valence-corrected chi connectivity index (χ4v) is 1.09. The highest BCUT2D eigenvalue weighted by Crippen LogP contribution is 2.13. The van der Waals surface area contributed by atoms with Crippen LogP contribution in [0, 0.1) is 0 Å². The lowest BCUT2D eigenvalue weighted by molar-refractivity contribution is -0.144. The Morgan fingerprint density at radius 3 is 2.82 bits per heavy atom. The minimum Gasteiger partial charge on any atom is -0.458 e. The SMILES string of the molecule is C.CC(=O)OC1C=CCCC1. The summed E-state index contributed by atoms with van der Waals surface area (Å²) in [6.45, 7) is 1.45. The zero-order valence-electron chi connectivity index (χ0n) is 6.17. The molecule has 1 unspecified atom stereocenters. The van der Waals surface area contributed by atoms with E-state index in [1.165, 1.54) is 6.92 Å². The van der Waals surface area contributed by atoms with E-state index in [4.69, 9.17) is 4.74 Å². The van der Waals surface area contributed by atoms with Crippen LogP contribution in [0.3, 0.4) is 0 Å². The first kappa shape index (κ1) is 10.2. The maximum absolute atomic E-state index is 10.5. The molecule has 0 radical (unpaired) electrons. The van der Waals surface area contributed by atoms with E-state index in [1.54, 1.807) is 0 Å². The van der Waals surface area contributed by atoms with Crippen molar-refractivity contribution in [3.63, 3.8) is 0 Å². The van der Waals surface area contributed by atoms with Crippen molar-refractivity contribution in [3.8, 4) is 0 Å². The lowest BCUT2D eigenvalue weighted by Gasteiger charge is -2.15. The lowest BCUT2D eigenvalue weighted by atomic mass is 10.1. The van der Waals surface area contributed by atoms with Crippen molar-refractivity contribution >= 4 is 5.97 Å². The monoisotopic (exact) mass is 156 g/mol. The molecule has 0 heterocycles. The zero-order valence-corrected chi connectivity index (χ0v) is 6.17. The Balaban J connectivity index is 0.000001000. The largest absolute Gasteiger partial charge is 0.458 e. The van der Waals surface area contributed by atoms with E-state index in [0.717, 1.165) is 19.3 Å². The number of esters is 1. The summed E-state index contributed by atoms with van der Waals surface area (Å²) in [5.74, 6) is -0.184. The molecule has 0 spiro atoms. The number of carbonyl (C=O) groups is 1. The van der Waals surface area contributed by atoms with Crippen molar-refractivity contribution in [1.29, 1.82) is 0 Å². The molecule has 0 aliphatic heterocycles. The minimum atomic E-state index is -0.184. The van der Waals surface area contributed by atoms with Gasteiger partial charge in [-0.3, -0.25) is 4.79 Å². The van der Waals surface area contributed by atoms with Crippen LogP contribution < -0.4 is 0 Å². The summed E-state index contributed by atoms with van der Waals surface area (Å²) in [7, 11) is 0. The van der Waals surface area contributed by atoms with E-state index in [-0.39, 0.29) is 19.5 Å². The van der Waals surface area contributed by atoms with Crippen LogP contribution in [0.1, 0.15) is 33.6 Å². The predicted octanol–water partition coefficient (Wildman–Crippen LogP) is 2.29. The Morgan fingerprint density at radius 2 is 2.36 bits per heavy atom. The normalized spacial score (nSPS) is 22.1. The van der Waals surface area contributed by atoms with Crippen LogP contribution in [0.25, 0.3) is 0 Å². The van der Waals surface area contributed by atoms with Crippen LogP contribution in [0.15, 0.2) is 12.2 Å². The number of rotatable bonds is 1. The van der Waals surface area contributed by atoms with Crippen LogP contribution >= 0.6 is 0 Å². The molecule has 0 bridgehead atoms. The van der Waals surface area contributed by atoms with Crippen molar-refractivity contribution in [2.75, 3.05) is 0 Å². The van der Waals surface area contributed by atoms with Gasteiger partial charge in [0.05, 0.1) is 0 Å². The van der Waals surface area contributed by atoms with E-state index in [9.17, 15) is 4.79 Å². The fourth-order valence-electron chi connectivity index (χ4n) is 1.09. The highest BCUT2D eigenvalue weighted by atomic mass is 16.5. The van der Waals surface area contributed by atoms with Crippen molar-refractivity contribution in [3.05, 3.63) is 12.2 Å². The van der Waals surface area contributed by atoms with Crippen molar-refractivity contribution in [2.24, 2.45) is 0 Å². The van der Waals surface area contributed by atoms with Gasteiger partial charge in [0.2, 0.25) is 0 Å². The van der Waals surface area contributed by atoms with Crippen LogP contribution in [0.4, 0.5) is 0 Å². The lowest BCUT2D eigenvalue weighted by Crippen LogP contribution is -2.15. The number of allylic oxidation sites excluding steroid dienone is 1. The van der Waals surface area contributed by atoms with E-state index in [1.807, 2.05) is 6.08 Å². The van der Waals surface area contributed by atoms with E-state index in [2.05, 4.69) is 6.08 Å². The molecular formula is C9H16O2. The molecule has 1 aliphatic rings. The molecular weight excluding hydrogens is 140 g/mol. The molecule has 0 aromatic heterocycles. The zero-order chi connectivity index (χ0) is 7.40. The summed E-state index contributed by atoms with van der Waals surface area (Å²) >= 11 is 0. The molecule has 1 atom stereocenters. The molecule has 0 saturated heterocycles. The van der Waals surface area contributed by atoms with Gasteiger partial charge >= 0.3 is 5.97 Å². The van der Waals surface area contributed by atoms with Crippen LogP contribution in [-0.4, -0.2) is 12.1 Å². The Hall–Kier alpha value is -0.790. The Morgan fingerprint density at radius 1 is 1.64 bits per heavy atom. The fraction of sp³-hybridized carbons (Fsp3) is 0.667. The first-order valence-electron chi connectivity index (χ1n) is 3.63. The topological polar surface area (TPSA) is 26.3 Å². The third kappa shape index (κ3) is 3.81. The van der Waals surface area contributed by atoms with Gasteiger partial charge < -0.3 is 4.74 Å². The molecule has 0 aromatic carbocycles. The third-order valence-corrected chi connectivity index (χ3v) is 1.53. The molecule has 0 fully saturated rings. The highest BCUT2D eigenvalue weighted by Gasteiger charge is 2.09. The van der Waals surface area contributed by atoms with E-state index >= 15 is 0 Å². The Bertz CT molecular complexity index is 150. The highest BCUT2D eigenvalue weighted by molar-refractivity contribution is 5.66. The maximum atomic E-state index is 10.5. The molecule has 1 aliphatic carbocycles. The van der Waals surface area contributed by atoms with Gasteiger partial charge in [-0.05, 0) is 25.3 Å². The molecule has 11 heavy (non-hydrogen) atoms. The average molecular weight is 156 g/mol. The number of ether oxygens (including phenoxy) is 1. The summed E-state index contributed by atoms with van der Waals surface area (Å²) in [5.41, 5.74) is 0. The number of hydrogen-bond acceptors (Lipinski definition) is 2. The first-order valence-corrected chi connectivity index (χ1v) is 3.63. The quantitative estimate of drug-likeness (QED) is 0.430. The van der Waals surface area contributed by atoms with Gasteiger partial charge in [-0.1, -0.05) is 13.5 Å². The van der Waals surface area contributed by atoms with Gasteiger partial charge in [0, 0.05) is 6.92 Å². The molecule has 0 N–H and O–H groups in total. The Labute approximate surface area is 68.2 Å². The molecule has 0 aromatic rings. The number of hydrogen-bond donors (Lipinski definition) is 0. The molecule has 1 rings (SSSR count). The molecule has 0 amide bonds. The summed E-state index contributed by atoms with van der Waals surface area (Å²) < 4.78 is 4.97. The third-order valence-electron chi connectivity index (χ3n) is 1.53. The Kier molecular flexibility index (Phi) is 4.59. The second kappa shape index (κ2) is 4.94. The van der Waals surface area contributed by atoms with Crippen molar-refractivity contribution in [2.45, 2.75) is 39.7 Å². The second-order valence-electron chi connectivity index (χ2n) is 2.51. The van der Waals surface area contributed by atoms with Gasteiger partial charge in [-0.25, -0.2) is 0 Å². The summed E-state index contributed by atoms with van der Waals surface area (Å²) in [6.07, 6.45) is 7.32.